The number of alkyl halides is 3. The molecule has 0 saturated heterocycles. The van der Waals surface area contributed by atoms with Gasteiger partial charge in [0, 0.05) is 36.8 Å². The van der Waals surface area contributed by atoms with E-state index in [1.165, 1.54) is 6.07 Å². The lowest BCUT2D eigenvalue weighted by molar-refractivity contribution is -0.137. The van der Waals surface area contributed by atoms with Gasteiger partial charge in [-0.3, -0.25) is 4.79 Å². The predicted octanol–water partition coefficient (Wildman–Crippen LogP) is 7.36. The molecule has 0 atom stereocenters. The minimum Gasteiger partial charge on any atom is -0.374 e. The van der Waals surface area contributed by atoms with Gasteiger partial charge in [-0.15, -0.1) is 0 Å². The van der Waals surface area contributed by atoms with Crippen LogP contribution < -0.4 is 0 Å². The number of hydrogen-bond donors (Lipinski definition) is 1. The van der Waals surface area contributed by atoms with Crippen molar-refractivity contribution in [2.75, 3.05) is 13.7 Å². The van der Waals surface area contributed by atoms with E-state index in [0.29, 0.717) is 28.2 Å². The molecule has 0 bridgehead atoms. The number of carbonyl (C=O) groups is 1. The summed E-state index contributed by atoms with van der Waals surface area (Å²) in [6.07, 6.45) is -0.451. The third kappa shape index (κ3) is 5.38. The Morgan fingerprint density at radius 3 is 2.49 bits per heavy atom. The molecule has 0 aliphatic heterocycles. The van der Waals surface area contributed by atoms with E-state index in [0.717, 1.165) is 41.5 Å². The SMILES string of the molecule is COC1(c2ccc(CN(CCc3cccc(C(F)(F)F)c3)C(=O)c3cc(Cl)cc4cc[nH]c34)cc2)CC1. The minimum atomic E-state index is -4.42. The Bertz CT molecular complexity index is 1430. The van der Waals surface area contributed by atoms with E-state index < -0.39 is 11.7 Å². The first kappa shape index (κ1) is 25.4. The van der Waals surface area contributed by atoms with Gasteiger partial charge in [-0.25, -0.2) is 0 Å². The molecule has 1 aliphatic carbocycles. The predicted molar refractivity (Wildman–Crippen MR) is 138 cm³/mol. The first-order chi connectivity index (χ1) is 17.7. The molecule has 1 aromatic heterocycles. The summed E-state index contributed by atoms with van der Waals surface area (Å²) in [5.41, 5.74) is 2.70. The lowest BCUT2D eigenvalue weighted by Crippen LogP contribution is -2.32. The van der Waals surface area contributed by atoms with E-state index in [-0.39, 0.29) is 24.5 Å². The Labute approximate surface area is 218 Å². The number of halogens is 4. The number of amides is 1. The second-order valence-corrected chi connectivity index (χ2v) is 9.90. The maximum absolute atomic E-state index is 13.8. The van der Waals surface area contributed by atoms with E-state index >= 15 is 0 Å². The van der Waals surface area contributed by atoms with Crippen LogP contribution in [0.2, 0.25) is 5.02 Å². The Morgan fingerprint density at radius 2 is 1.81 bits per heavy atom. The number of aromatic amines is 1. The number of aromatic nitrogens is 1. The molecule has 1 amide bonds. The molecule has 5 rings (SSSR count). The molecular formula is C29H26ClF3N2O2. The number of benzene rings is 3. The first-order valence-corrected chi connectivity index (χ1v) is 12.4. The smallest absolute Gasteiger partial charge is 0.374 e. The van der Waals surface area contributed by atoms with Crippen LogP contribution in [0, 0.1) is 0 Å². The van der Waals surface area contributed by atoms with Gasteiger partial charge in [-0.05, 0) is 60.2 Å². The van der Waals surface area contributed by atoms with Crippen molar-refractivity contribution < 1.29 is 22.7 Å². The van der Waals surface area contributed by atoms with Crippen LogP contribution in [0.25, 0.3) is 10.9 Å². The molecule has 1 heterocycles. The number of ether oxygens (including phenoxy) is 1. The summed E-state index contributed by atoms with van der Waals surface area (Å²) < 4.78 is 45.3. The molecule has 0 radical (unpaired) electrons. The van der Waals surface area contributed by atoms with Crippen LogP contribution in [-0.4, -0.2) is 29.4 Å². The Morgan fingerprint density at radius 1 is 1.05 bits per heavy atom. The van der Waals surface area contributed by atoms with Gasteiger partial charge in [-0.1, -0.05) is 54.1 Å². The highest BCUT2D eigenvalue weighted by Gasteiger charge is 2.44. The standard InChI is InChI=1S/C29H26ClF3N2O2/c1-37-28(11-12-28)22-7-5-20(6-8-22)18-35(14-10-19-3-2-4-23(15-19)29(31,32)33)27(36)25-17-24(30)16-21-9-13-34-26(21)25/h2-9,13,15-17,34H,10-12,14,18H2,1H3. The molecular weight excluding hydrogens is 501 g/mol. The molecule has 0 spiro atoms. The zero-order valence-corrected chi connectivity index (χ0v) is 21.0. The number of rotatable bonds is 8. The minimum absolute atomic E-state index is 0.211. The molecule has 1 fully saturated rings. The van der Waals surface area contributed by atoms with E-state index in [2.05, 4.69) is 4.98 Å². The summed E-state index contributed by atoms with van der Waals surface area (Å²) in [6, 6.07) is 18.5. The summed E-state index contributed by atoms with van der Waals surface area (Å²) in [5.74, 6) is -0.249. The number of carbonyl (C=O) groups excluding carboxylic acids is 1. The molecule has 37 heavy (non-hydrogen) atoms. The zero-order valence-electron chi connectivity index (χ0n) is 20.2. The largest absolute Gasteiger partial charge is 0.416 e. The number of H-pyrrole nitrogens is 1. The third-order valence-corrected chi connectivity index (χ3v) is 7.23. The van der Waals surface area contributed by atoms with Crippen LogP contribution in [0.15, 0.2) is 72.9 Å². The topological polar surface area (TPSA) is 45.3 Å². The van der Waals surface area contributed by atoms with Gasteiger partial charge in [0.2, 0.25) is 0 Å². The number of methoxy groups -OCH3 is 1. The highest BCUT2D eigenvalue weighted by molar-refractivity contribution is 6.32. The lowest BCUT2D eigenvalue weighted by atomic mass is 10.0. The van der Waals surface area contributed by atoms with Crippen LogP contribution in [0.4, 0.5) is 13.2 Å². The van der Waals surface area contributed by atoms with Crippen molar-refractivity contribution in [1.82, 2.24) is 9.88 Å². The molecule has 4 nitrogen and oxygen atoms in total. The van der Waals surface area contributed by atoms with E-state index in [4.69, 9.17) is 16.3 Å². The van der Waals surface area contributed by atoms with Crippen molar-refractivity contribution in [1.29, 1.82) is 0 Å². The van der Waals surface area contributed by atoms with Crippen molar-refractivity contribution >= 4 is 28.4 Å². The molecule has 3 aromatic carbocycles. The van der Waals surface area contributed by atoms with Gasteiger partial charge in [0.25, 0.3) is 5.91 Å². The van der Waals surface area contributed by atoms with E-state index in [9.17, 15) is 18.0 Å². The molecule has 0 unspecified atom stereocenters. The maximum atomic E-state index is 13.8. The van der Waals surface area contributed by atoms with Gasteiger partial charge in [0.1, 0.15) is 0 Å². The normalized spacial score (nSPS) is 14.6. The summed E-state index contributed by atoms with van der Waals surface area (Å²) in [4.78, 5) is 18.6. The average molecular weight is 527 g/mol. The number of hydrogen-bond acceptors (Lipinski definition) is 2. The van der Waals surface area contributed by atoms with Crippen LogP contribution in [0.5, 0.6) is 0 Å². The van der Waals surface area contributed by atoms with Crippen LogP contribution >= 0.6 is 11.6 Å². The van der Waals surface area contributed by atoms with Crippen LogP contribution in [0.1, 0.15) is 45.5 Å². The van der Waals surface area contributed by atoms with E-state index in [1.54, 1.807) is 36.4 Å². The lowest BCUT2D eigenvalue weighted by Gasteiger charge is -2.24. The van der Waals surface area contributed by atoms with Gasteiger partial charge in [0.05, 0.1) is 22.2 Å². The van der Waals surface area contributed by atoms with Crippen LogP contribution in [0.3, 0.4) is 0 Å². The van der Waals surface area contributed by atoms with Crippen molar-refractivity contribution in [3.63, 3.8) is 0 Å². The number of nitrogens with one attached hydrogen (secondary N) is 1. The molecule has 1 saturated carbocycles. The average Bonchev–Trinajstić information content (AvgIpc) is 3.55. The first-order valence-electron chi connectivity index (χ1n) is 12.1. The number of fused-ring (bicyclic) bond motifs is 1. The monoisotopic (exact) mass is 526 g/mol. The summed E-state index contributed by atoms with van der Waals surface area (Å²) in [6.45, 7) is 0.533. The highest BCUT2D eigenvalue weighted by Crippen LogP contribution is 2.48. The summed E-state index contributed by atoms with van der Waals surface area (Å²) >= 11 is 6.30. The number of nitrogens with zero attached hydrogens (tertiary/aromatic N) is 1. The fourth-order valence-electron chi connectivity index (χ4n) is 4.75. The highest BCUT2D eigenvalue weighted by atomic mass is 35.5. The summed E-state index contributed by atoms with van der Waals surface area (Å²) in [7, 11) is 1.71. The fraction of sp³-hybridized carbons (Fsp3) is 0.276. The van der Waals surface area contributed by atoms with Crippen molar-refractivity contribution in [2.45, 2.75) is 37.6 Å². The second-order valence-electron chi connectivity index (χ2n) is 9.47. The summed E-state index contributed by atoms with van der Waals surface area (Å²) in [5, 5.41) is 1.25. The third-order valence-electron chi connectivity index (χ3n) is 7.01. The zero-order chi connectivity index (χ0) is 26.2. The quantitative estimate of drug-likeness (QED) is 0.261. The van der Waals surface area contributed by atoms with Crippen LogP contribution in [-0.2, 0) is 29.5 Å². The Balaban J connectivity index is 1.43. The van der Waals surface area contributed by atoms with Crippen molar-refractivity contribution in [3.05, 3.63) is 106 Å². The Kier molecular flexibility index (Phi) is 6.77. The molecule has 1 aliphatic rings. The van der Waals surface area contributed by atoms with E-state index in [1.807, 2.05) is 30.3 Å². The molecule has 4 aromatic rings. The van der Waals surface area contributed by atoms with Crippen molar-refractivity contribution in [3.8, 4) is 0 Å². The fourth-order valence-corrected chi connectivity index (χ4v) is 4.98. The molecule has 192 valence electrons. The van der Waals surface area contributed by atoms with Gasteiger partial charge >= 0.3 is 6.18 Å². The van der Waals surface area contributed by atoms with Crippen molar-refractivity contribution in [2.24, 2.45) is 0 Å². The molecule has 8 heteroatoms. The Hall–Kier alpha value is -3.29. The second kappa shape index (κ2) is 9.88. The van der Waals surface area contributed by atoms with Gasteiger partial charge in [0.15, 0.2) is 0 Å². The van der Waals surface area contributed by atoms with Gasteiger partial charge < -0.3 is 14.6 Å². The molecule has 1 N–H and O–H groups in total. The maximum Gasteiger partial charge on any atom is 0.416 e. The van der Waals surface area contributed by atoms with Gasteiger partial charge in [-0.2, -0.15) is 13.2 Å².